The van der Waals surface area contributed by atoms with Gasteiger partial charge in [0.15, 0.2) is 0 Å². The van der Waals surface area contributed by atoms with Gasteiger partial charge in [-0.3, -0.25) is 14.7 Å². The standard InChI is InChI=1S/C24H43F2N7O3/c1-4-24(2)6-5-15(25)12-30-17(11-24)19(21(27)28)22(34)31-18-14-29-13-16(26)20(18)32-7-9-33(10-8-32)23(35)36-3/h12,15-21,29H,4-11,13-14,27-28H2,1-3H3,(H,31,34)/b30-12-/t15?,16?,17?,18?,19?,20?,24-/m1/s1. The molecule has 3 aliphatic rings. The maximum atomic E-state index is 15.2. The molecule has 12 heteroatoms. The summed E-state index contributed by atoms with van der Waals surface area (Å²) in [5.74, 6) is -1.28. The number of hydrogen-bond acceptors (Lipinski definition) is 8. The molecule has 0 aromatic carbocycles. The minimum atomic E-state index is -1.21. The van der Waals surface area contributed by atoms with Crippen LogP contribution in [-0.4, -0.2) is 111 Å². The van der Waals surface area contributed by atoms with Crippen molar-refractivity contribution in [1.82, 2.24) is 20.4 Å². The number of aliphatic imine (C=N–C) groups is 1. The second kappa shape index (κ2) is 12.6. The van der Waals surface area contributed by atoms with Crippen molar-refractivity contribution in [3.05, 3.63) is 0 Å². The van der Waals surface area contributed by atoms with E-state index >= 15 is 4.39 Å². The summed E-state index contributed by atoms with van der Waals surface area (Å²) in [5.41, 5.74) is 12.0. The average Bonchev–Trinajstić information content (AvgIpc) is 2.85. The second-order valence-corrected chi connectivity index (χ2v) is 10.7. The molecule has 0 aromatic heterocycles. The number of rotatable bonds is 6. The summed E-state index contributed by atoms with van der Waals surface area (Å²) < 4.78 is 34.3. The number of piperidine rings is 1. The lowest BCUT2D eigenvalue weighted by molar-refractivity contribution is -0.128. The SMILES string of the molecule is CC[C@]1(C)CCC(F)/C=N\C(C(C(=O)NC2CNCC(F)C2N2CCN(C(=O)OC)CC2)C(N)N)C1. The second-order valence-electron chi connectivity index (χ2n) is 10.7. The van der Waals surface area contributed by atoms with Crippen LogP contribution in [0.3, 0.4) is 0 Å². The molecule has 0 saturated carbocycles. The maximum absolute atomic E-state index is 15.2. The highest BCUT2D eigenvalue weighted by Crippen LogP contribution is 2.37. The monoisotopic (exact) mass is 515 g/mol. The molecule has 206 valence electrons. The predicted octanol–water partition coefficient (Wildman–Crippen LogP) is 0.403. The van der Waals surface area contributed by atoms with Crippen LogP contribution in [0.15, 0.2) is 4.99 Å². The zero-order valence-electron chi connectivity index (χ0n) is 21.7. The predicted molar refractivity (Wildman–Crippen MR) is 134 cm³/mol. The number of ether oxygens (including phenoxy) is 1. The van der Waals surface area contributed by atoms with Gasteiger partial charge in [-0.05, 0) is 24.7 Å². The van der Waals surface area contributed by atoms with Gasteiger partial charge in [0, 0.05) is 45.5 Å². The summed E-state index contributed by atoms with van der Waals surface area (Å²) in [6, 6.07) is -1.67. The van der Waals surface area contributed by atoms with Crippen molar-refractivity contribution in [2.45, 2.75) is 76.2 Å². The summed E-state index contributed by atoms with van der Waals surface area (Å²) in [5, 5.41) is 6.04. The number of halogens is 2. The molecule has 2 fully saturated rings. The number of nitrogens with two attached hydrogens (primary N) is 2. The van der Waals surface area contributed by atoms with Gasteiger partial charge in [-0.15, -0.1) is 0 Å². The lowest BCUT2D eigenvalue weighted by atomic mass is 9.73. The van der Waals surface area contributed by atoms with E-state index in [0.717, 1.165) is 6.42 Å². The Morgan fingerprint density at radius 2 is 1.94 bits per heavy atom. The van der Waals surface area contributed by atoms with Gasteiger partial charge < -0.3 is 31.7 Å². The van der Waals surface area contributed by atoms with Crippen molar-refractivity contribution in [1.29, 1.82) is 0 Å². The van der Waals surface area contributed by atoms with Gasteiger partial charge in [-0.1, -0.05) is 20.3 Å². The van der Waals surface area contributed by atoms with Crippen LogP contribution in [0.1, 0.15) is 39.5 Å². The first-order valence-corrected chi connectivity index (χ1v) is 13.0. The molecule has 3 aliphatic heterocycles. The fourth-order valence-corrected chi connectivity index (χ4v) is 5.67. The van der Waals surface area contributed by atoms with Gasteiger partial charge in [0.25, 0.3) is 0 Å². The third-order valence-corrected chi connectivity index (χ3v) is 8.13. The number of nitrogens with one attached hydrogen (secondary N) is 2. The quantitative estimate of drug-likeness (QED) is 0.376. The Morgan fingerprint density at radius 3 is 2.56 bits per heavy atom. The van der Waals surface area contributed by atoms with E-state index in [1.54, 1.807) is 4.90 Å². The summed E-state index contributed by atoms with van der Waals surface area (Å²) in [6.07, 6.45) is -0.0980. The van der Waals surface area contributed by atoms with Gasteiger partial charge in [0.05, 0.1) is 37.3 Å². The number of alkyl halides is 2. The van der Waals surface area contributed by atoms with E-state index in [1.165, 1.54) is 13.3 Å². The molecule has 0 aromatic rings. The molecule has 6 N–H and O–H groups in total. The molecule has 6 unspecified atom stereocenters. The number of methoxy groups -OCH3 is 1. The number of piperazine rings is 1. The Morgan fingerprint density at radius 1 is 1.25 bits per heavy atom. The molecule has 0 aliphatic carbocycles. The lowest BCUT2D eigenvalue weighted by Crippen LogP contribution is -2.68. The van der Waals surface area contributed by atoms with Crippen LogP contribution < -0.4 is 22.1 Å². The van der Waals surface area contributed by atoms with Crippen molar-refractivity contribution in [3.63, 3.8) is 0 Å². The molecule has 3 rings (SSSR count). The van der Waals surface area contributed by atoms with Gasteiger partial charge in [0.1, 0.15) is 12.3 Å². The maximum Gasteiger partial charge on any atom is 0.409 e. The summed E-state index contributed by atoms with van der Waals surface area (Å²) in [6.45, 7) is 6.44. The van der Waals surface area contributed by atoms with Gasteiger partial charge in [0.2, 0.25) is 5.91 Å². The molecule has 2 saturated heterocycles. The third-order valence-electron chi connectivity index (χ3n) is 8.13. The van der Waals surface area contributed by atoms with Crippen LogP contribution in [0.2, 0.25) is 0 Å². The zero-order chi connectivity index (χ0) is 26.5. The Kier molecular flexibility index (Phi) is 10.0. The zero-order valence-corrected chi connectivity index (χ0v) is 21.7. The van der Waals surface area contributed by atoms with Crippen LogP contribution in [0.25, 0.3) is 0 Å². The molecule has 0 spiro atoms. The van der Waals surface area contributed by atoms with E-state index in [2.05, 4.69) is 22.5 Å². The fourth-order valence-electron chi connectivity index (χ4n) is 5.67. The van der Waals surface area contributed by atoms with E-state index in [9.17, 15) is 14.0 Å². The van der Waals surface area contributed by atoms with Crippen LogP contribution in [0, 0.1) is 11.3 Å². The molecular formula is C24H43F2N7O3. The molecule has 0 bridgehead atoms. The van der Waals surface area contributed by atoms with Gasteiger partial charge in [-0.2, -0.15) is 0 Å². The van der Waals surface area contributed by atoms with Crippen LogP contribution in [0.5, 0.6) is 0 Å². The molecular weight excluding hydrogens is 472 g/mol. The van der Waals surface area contributed by atoms with Gasteiger partial charge >= 0.3 is 6.09 Å². The number of carbonyl (C=O) groups excluding carboxylic acids is 2. The normalized spacial score (nSPS) is 36.0. The molecule has 10 nitrogen and oxygen atoms in total. The minimum absolute atomic E-state index is 0.174. The number of amides is 2. The Hall–Kier alpha value is -1.89. The average molecular weight is 516 g/mol. The first-order valence-electron chi connectivity index (χ1n) is 13.0. The first kappa shape index (κ1) is 28.7. The van der Waals surface area contributed by atoms with E-state index in [1.807, 2.05) is 11.8 Å². The summed E-state index contributed by atoms with van der Waals surface area (Å²) in [7, 11) is 1.33. The largest absolute Gasteiger partial charge is 0.453 e. The first-order chi connectivity index (χ1) is 17.1. The summed E-state index contributed by atoms with van der Waals surface area (Å²) >= 11 is 0. The van der Waals surface area contributed by atoms with Gasteiger partial charge in [-0.25, -0.2) is 13.6 Å². The highest BCUT2D eigenvalue weighted by atomic mass is 19.1. The number of nitrogens with zero attached hydrogens (tertiary/aromatic N) is 3. The highest BCUT2D eigenvalue weighted by molar-refractivity contribution is 5.81. The smallest absolute Gasteiger partial charge is 0.409 e. The lowest BCUT2D eigenvalue weighted by Gasteiger charge is -2.46. The third kappa shape index (κ3) is 6.90. The van der Waals surface area contributed by atoms with Crippen LogP contribution in [0.4, 0.5) is 13.6 Å². The minimum Gasteiger partial charge on any atom is -0.453 e. The summed E-state index contributed by atoms with van der Waals surface area (Å²) in [4.78, 5) is 33.4. The van der Waals surface area contributed by atoms with E-state index in [-0.39, 0.29) is 12.0 Å². The number of hydrogen-bond donors (Lipinski definition) is 4. The van der Waals surface area contributed by atoms with Crippen molar-refractivity contribution in [3.8, 4) is 0 Å². The van der Waals surface area contributed by atoms with Crippen LogP contribution in [-0.2, 0) is 9.53 Å². The fraction of sp³-hybridized carbons (Fsp3) is 0.875. The van der Waals surface area contributed by atoms with Crippen molar-refractivity contribution >= 4 is 18.2 Å². The van der Waals surface area contributed by atoms with E-state index in [0.29, 0.717) is 52.0 Å². The van der Waals surface area contributed by atoms with Crippen LogP contribution >= 0.6 is 0 Å². The molecule has 0 radical (unpaired) electrons. The molecule has 36 heavy (non-hydrogen) atoms. The van der Waals surface area contributed by atoms with Crippen molar-refractivity contribution in [2.75, 3.05) is 46.4 Å². The van der Waals surface area contributed by atoms with E-state index < -0.39 is 54.6 Å². The number of carbonyl (C=O) groups is 2. The van der Waals surface area contributed by atoms with Crippen molar-refractivity contribution in [2.24, 2.45) is 27.8 Å². The van der Waals surface area contributed by atoms with E-state index in [4.69, 9.17) is 16.2 Å². The molecule has 7 atom stereocenters. The molecule has 2 amide bonds. The topological polar surface area (TPSA) is 138 Å². The van der Waals surface area contributed by atoms with Crippen molar-refractivity contribution < 1.29 is 23.1 Å². The molecule has 3 heterocycles. The highest BCUT2D eigenvalue weighted by Gasteiger charge is 2.43. The Bertz CT molecular complexity index is 781. The Balaban J connectivity index is 1.75. The Labute approximate surface area is 212 Å².